The molecule has 2 N–H and O–H groups in total. The van der Waals surface area contributed by atoms with Crippen LogP contribution >= 0.6 is 0 Å². The SMILES string of the molecule is CNC(C)c1cc(F)c(C)cc1N1CCC(O)C(C)C1. The van der Waals surface area contributed by atoms with Crippen molar-refractivity contribution in [3.63, 3.8) is 0 Å². The fourth-order valence-corrected chi connectivity index (χ4v) is 2.81. The van der Waals surface area contributed by atoms with Gasteiger partial charge in [-0.15, -0.1) is 0 Å². The van der Waals surface area contributed by atoms with Gasteiger partial charge in [-0.3, -0.25) is 0 Å². The van der Waals surface area contributed by atoms with Crippen molar-refractivity contribution in [2.45, 2.75) is 39.3 Å². The topological polar surface area (TPSA) is 35.5 Å². The van der Waals surface area contributed by atoms with Crippen molar-refractivity contribution in [3.05, 3.63) is 29.1 Å². The third-order valence-corrected chi connectivity index (χ3v) is 4.41. The van der Waals surface area contributed by atoms with Gasteiger partial charge in [0.05, 0.1) is 6.10 Å². The molecule has 1 heterocycles. The molecule has 1 aliphatic rings. The quantitative estimate of drug-likeness (QED) is 0.893. The van der Waals surface area contributed by atoms with E-state index in [2.05, 4.69) is 17.1 Å². The molecule has 4 heteroatoms. The number of rotatable bonds is 3. The summed E-state index contributed by atoms with van der Waals surface area (Å²) in [6.45, 7) is 7.54. The molecule has 0 aliphatic carbocycles. The third kappa shape index (κ3) is 2.96. The fourth-order valence-electron chi connectivity index (χ4n) is 2.81. The van der Waals surface area contributed by atoms with Crippen LogP contribution in [0.1, 0.15) is 37.4 Å². The second-order valence-corrected chi connectivity index (χ2v) is 5.95. The van der Waals surface area contributed by atoms with Gasteiger partial charge in [0, 0.05) is 24.8 Å². The molecular formula is C16H25FN2O. The Balaban J connectivity index is 2.37. The molecule has 2 rings (SSSR count). The first-order chi connectivity index (χ1) is 9.43. The lowest BCUT2D eigenvalue weighted by Crippen LogP contribution is -2.42. The molecule has 112 valence electrons. The van der Waals surface area contributed by atoms with Crippen LogP contribution in [-0.2, 0) is 0 Å². The lowest BCUT2D eigenvalue weighted by atomic mass is 9.94. The zero-order chi connectivity index (χ0) is 14.9. The molecule has 1 aromatic carbocycles. The molecule has 3 nitrogen and oxygen atoms in total. The second-order valence-electron chi connectivity index (χ2n) is 5.95. The zero-order valence-corrected chi connectivity index (χ0v) is 12.8. The van der Waals surface area contributed by atoms with Crippen LogP contribution in [0.2, 0.25) is 0 Å². The standard InChI is InChI=1S/C16H25FN2O/c1-10-7-15(13(8-14(10)17)12(3)18-4)19-6-5-16(20)11(2)9-19/h7-8,11-12,16,18,20H,5-6,9H2,1-4H3. The van der Waals surface area contributed by atoms with Crippen LogP contribution in [0, 0.1) is 18.7 Å². The average molecular weight is 280 g/mol. The summed E-state index contributed by atoms with van der Waals surface area (Å²) in [5.41, 5.74) is 2.74. The van der Waals surface area contributed by atoms with Crippen molar-refractivity contribution in [1.82, 2.24) is 5.32 Å². The zero-order valence-electron chi connectivity index (χ0n) is 12.8. The normalized spacial score (nSPS) is 24.8. The van der Waals surface area contributed by atoms with Gasteiger partial charge in [0.25, 0.3) is 0 Å². The maximum atomic E-state index is 13.9. The number of aryl methyl sites for hydroxylation is 1. The van der Waals surface area contributed by atoms with Gasteiger partial charge in [-0.1, -0.05) is 6.92 Å². The van der Waals surface area contributed by atoms with E-state index in [0.717, 1.165) is 30.8 Å². The summed E-state index contributed by atoms with van der Waals surface area (Å²) in [6, 6.07) is 3.67. The van der Waals surface area contributed by atoms with Crippen LogP contribution in [0.4, 0.5) is 10.1 Å². The molecule has 1 saturated heterocycles. The lowest BCUT2D eigenvalue weighted by molar-refractivity contribution is 0.0970. The van der Waals surface area contributed by atoms with Crippen molar-refractivity contribution in [1.29, 1.82) is 0 Å². The van der Waals surface area contributed by atoms with E-state index in [9.17, 15) is 9.50 Å². The Morgan fingerprint density at radius 3 is 2.75 bits per heavy atom. The number of anilines is 1. The van der Waals surface area contributed by atoms with Crippen LogP contribution < -0.4 is 10.2 Å². The van der Waals surface area contributed by atoms with Crippen LogP contribution in [0.3, 0.4) is 0 Å². The number of benzene rings is 1. The van der Waals surface area contributed by atoms with Gasteiger partial charge in [0.1, 0.15) is 5.82 Å². The summed E-state index contributed by atoms with van der Waals surface area (Å²) in [4.78, 5) is 2.27. The minimum atomic E-state index is -0.224. The van der Waals surface area contributed by atoms with Gasteiger partial charge in [-0.2, -0.15) is 0 Å². The Kier molecular flexibility index (Phi) is 4.66. The Labute approximate surface area is 120 Å². The third-order valence-electron chi connectivity index (χ3n) is 4.41. The van der Waals surface area contributed by atoms with Gasteiger partial charge in [0.2, 0.25) is 0 Å². The molecule has 0 bridgehead atoms. The largest absolute Gasteiger partial charge is 0.393 e. The van der Waals surface area contributed by atoms with E-state index in [1.807, 2.05) is 20.0 Å². The number of aliphatic hydroxyl groups is 1. The van der Waals surface area contributed by atoms with Gasteiger partial charge >= 0.3 is 0 Å². The van der Waals surface area contributed by atoms with E-state index in [4.69, 9.17) is 0 Å². The fraction of sp³-hybridized carbons (Fsp3) is 0.625. The summed E-state index contributed by atoms with van der Waals surface area (Å²) in [7, 11) is 1.88. The van der Waals surface area contributed by atoms with Crippen LogP contribution in [0.15, 0.2) is 12.1 Å². The first kappa shape index (κ1) is 15.3. The number of nitrogens with one attached hydrogen (secondary N) is 1. The number of hydrogen-bond acceptors (Lipinski definition) is 3. The smallest absolute Gasteiger partial charge is 0.126 e. The number of hydrogen-bond donors (Lipinski definition) is 2. The molecule has 0 saturated carbocycles. The predicted molar refractivity (Wildman–Crippen MR) is 80.6 cm³/mol. The Morgan fingerprint density at radius 1 is 1.45 bits per heavy atom. The van der Waals surface area contributed by atoms with E-state index < -0.39 is 0 Å². The van der Waals surface area contributed by atoms with Crippen molar-refractivity contribution in [2.24, 2.45) is 5.92 Å². The minimum absolute atomic E-state index is 0.0993. The highest BCUT2D eigenvalue weighted by atomic mass is 19.1. The predicted octanol–water partition coefficient (Wildman–Crippen LogP) is 2.62. The molecule has 1 fully saturated rings. The van der Waals surface area contributed by atoms with Crippen molar-refractivity contribution < 1.29 is 9.50 Å². The summed E-state index contributed by atoms with van der Waals surface area (Å²) in [5, 5.41) is 13.1. The minimum Gasteiger partial charge on any atom is -0.393 e. The molecule has 3 unspecified atom stereocenters. The Bertz CT molecular complexity index is 478. The summed E-state index contributed by atoms with van der Waals surface area (Å²) >= 11 is 0. The van der Waals surface area contributed by atoms with E-state index in [1.165, 1.54) is 0 Å². The van der Waals surface area contributed by atoms with Gasteiger partial charge < -0.3 is 15.3 Å². The molecule has 20 heavy (non-hydrogen) atoms. The van der Waals surface area contributed by atoms with E-state index in [0.29, 0.717) is 5.56 Å². The summed E-state index contributed by atoms with van der Waals surface area (Å²) in [6.07, 6.45) is 0.545. The van der Waals surface area contributed by atoms with Gasteiger partial charge in [-0.25, -0.2) is 4.39 Å². The number of aliphatic hydroxyl groups excluding tert-OH is 1. The first-order valence-corrected chi connectivity index (χ1v) is 7.34. The molecule has 0 radical (unpaired) electrons. The number of nitrogens with zero attached hydrogens (tertiary/aromatic N) is 1. The highest BCUT2D eigenvalue weighted by Gasteiger charge is 2.26. The molecule has 1 aromatic rings. The maximum absolute atomic E-state index is 13.9. The van der Waals surface area contributed by atoms with Crippen LogP contribution in [0.25, 0.3) is 0 Å². The number of piperidine rings is 1. The van der Waals surface area contributed by atoms with E-state index >= 15 is 0 Å². The Morgan fingerprint density at radius 2 is 2.15 bits per heavy atom. The van der Waals surface area contributed by atoms with Gasteiger partial charge in [-0.05, 0) is 56.5 Å². The molecule has 0 aromatic heterocycles. The van der Waals surface area contributed by atoms with E-state index in [1.54, 1.807) is 13.0 Å². The monoisotopic (exact) mass is 280 g/mol. The second kappa shape index (κ2) is 6.10. The number of halogens is 1. The summed E-state index contributed by atoms with van der Waals surface area (Å²) < 4.78 is 13.9. The lowest BCUT2D eigenvalue weighted by Gasteiger charge is -2.37. The molecule has 0 amide bonds. The maximum Gasteiger partial charge on any atom is 0.126 e. The highest BCUT2D eigenvalue weighted by Crippen LogP contribution is 2.32. The van der Waals surface area contributed by atoms with Crippen LogP contribution in [-0.4, -0.2) is 31.3 Å². The van der Waals surface area contributed by atoms with Gasteiger partial charge in [0.15, 0.2) is 0 Å². The Hall–Kier alpha value is -1.13. The first-order valence-electron chi connectivity index (χ1n) is 7.34. The van der Waals surface area contributed by atoms with Crippen molar-refractivity contribution in [2.75, 3.05) is 25.0 Å². The molecule has 0 spiro atoms. The van der Waals surface area contributed by atoms with Crippen molar-refractivity contribution in [3.8, 4) is 0 Å². The molecular weight excluding hydrogens is 255 g/mol. The summed E-state index contributed by atoms with van der Waals surface area (Å²) in [5.74, 6) is 0.0859. The van der Waals surface area contributed by atoms with E-state index in [-0.39, 0.29) is 23.9 Å². The molecule has 3 atom stereocenters. The van der Waals surface area contributed by atoms with Crippen LogP contribution in [0.5, 0.6) is 0 Å². The highest BCUT2D eigenvalue weighted by molar-refractivity contribution is 5.57. The molecule has 1 aliphatic heterocycles. The average Bonchev–Trinajstić information content (AvgIpc) is 2.43. The van der Waals surface area contributed by atoms with Crippen molar-refractivity contribution >= 4 is 5.69 Å².